The number of carbonyl (C=O) groups is 2. The van der Waals surface area contributed by atoms with E-state index in [1.807, 2.05) is 0 Å². The number of ether oxygens (including phenoxy) is 3. The molecule has 1 aromatic carbocycles. The van der Waals surface area contributed by atoms with Crippen molar-refractivity contribution in [1.29, 1.82) is 0 Å². The molecule has 37 heavy (non-hydrogen) atoms. The van der Waals surface area contributed by atoms with Gasteiger partial charge in [0.2, 0.25) is 0 Å². The third-order valence-electron chi connectivity index (χ3n) is 6.23. The van der Waals surface area contributed by atoms with Crippen molar-refractivity contribution in [3.8, 4) is 0 Å². The molecule has 0 bridgehead atoms. The van der Waals surface area contributed by atoms with E-state index in [9.17, 15) is 18.0 Å². The lowest BCUT2D eigenvalue weighted by Crippen LogP contribution is -2.29. The molecular formula is C25H27N3O7S2. The average Bonchev–Trinajstić information content (AvgIpc) is 3.69. The zero-order chi connectivity index (χ0) is 26.0. The molecule has 1 saturated carbocycles. The Hall–Kier alpha value is -2.93. The molecule has 10 nitrogen and oxygen atoms in total. The Labute approximate surface area is 218 Å². The van der Waals surface area contributed by atoms with Gasteiger partial charge in [-0.25, -0.2) is 23.2 Å². The van der Waals surface area contributed by atoms with Gasteiger partial charge >= 0.3 is 5.97 Å². The molecule has 3 heterocycles. The molecule has 0 radical (unpaired) electrons. The summed E-state index contributed by atoms with van der Waals surface area (Å²) < 4.78 is 41.5. The van der Waals surface area contributed by atoms with E-state index in [0.29, 0.717) is 45.4 Å². The first-order valence-electron chi connectivity index (χ1n) is 12.1. The van der Waals surface area contributed by atoms with Crippen LogP contribution >= 0.6 is 11.3 Å². The summed E-state index contributed by atoms with van der Waals surface area (Å²) in [5.41, 5.74) is 1.68. The molecule has 196 valence electrons. The third-order valence-corrected chi connectivity index (χ3v) is 9.41. The summed E-state index contributed by atoms with van der Waals surface area (Å²) in [6.45, 7) is 2.32. The highest BCUT2D eigenvalue weighted by atomic mass is 32.2. The Morgan fingerprint density at radius 2 is 1.97 bits per heavy atom. The van der Waals surface area contributed by atoms with Gasteiger partial charge in [-0.05, 0) is 49.9 Å². The van der Waals surface area contributed by atoms with E-state index in [1.54, 1.807) is 37.3 Å². The van der Waals surface area contributed by atoms with E-state index >= 15 is 0 Å². The first-order chi connectivity index (χ1) is 17.8. The number of aromatic nitrogens is 2. The van der Waals surface area contributed by atoms with Crippen molar-refractivity contribution in [2.75, 3.05) is 25.1 Å². The fraction of sp³-hybridized carbons (Fsp3) is 0.440. The zero-order valence-corrected chi connectivity index (χ0v) is 21.8. The summed E-state index contributed by atoms with van der Waals surface area (Å²) in [6.07, 6.45) is 3.69. The highest BCUT2D eigenvalue weighted by Crippen LogP contribution is 2.35. The van der Waals surface area contributed by atoms with Crippen LogP contribution in [0.1, 0.15) is 54.6 Å². The number of nitrogens with zero attached hydrogens (tertiary/aromatic N) is 2. The molecule has 1 amide bonds. The number of anilines is 1. The second-order valence-electron chi connectivity index (χ2n) is 8.97. The first-order valence-corrected chi connectivity index (χ1v) is 14.5. The maximum atomic E-state index is 12.5. The van der Waals surface area contributed by atoms with Crippen LogP contribution in [-0.4, -0.2) is 61.4 Å². The van der Waals surface area contributed by atoms with E-state index in [-0.39, 0.29) is 36.6 Å². The SMILES string of the molecule is CCOC(=O)c1cnc2sc(NC(=O)COC3CCOC(c4ccc(S(=O)(=O)C5CC5)cc4)C3)nc2c1. The van der Waals surface area contributed by atoms with Gasteiger partial charge in [-0.1, -0.05) is 23.5 Å². The number of nitrogens with one attached hydrogen (secondary N) is 1. The van der Waals surface area contributed by atoms with Crippen molar-refractivity contribution in [3.05, 3.63) is 47.7 Å². The van der Waals surface area contributed by atoms with E-state index in [1.165, 1.54) is 17.5 Å². The quantitative estimate of drug-likeness (QED) is 0.400. The van der Waals surface area contributed by atoms with E-state index < -0.39 is 15.8 Å². The normalized spacial score (nSPS) is 20.0. The Balaban J connectivity index is 1.14. The number of hydrogen-bond donors (Lipinski definition) is 1. The van der Waals surface area contributed by atoms with Crippen LogP contribution in [0.15, 0.2) is 41.4 Å². The fourth-order valence-electron chi connectivity index (χ4n) is 4.14. The van der Waals surface area contributed by atoms with E-state index in [2.05, 4.69) is 15.3 Å². The van der Waals surface area contributed by atoms with Crippen molar-refractivity contribution in [3.63, 3.8) is 0 Å². The topological polar surface area (TPSA) is 134 Å². The van der Waals surface area contributed by atoms with Crippen LogP contribution in [0.5, 0.6) is 0 Å². The molecule has 12 heteroatoms. The van der Waals surface area contributed by atoms with Crippen LogP contribution in [0.2, 0.25) is 0 Å². The number of rotatable bonds is 9. The molecule has 2 aliphatic rings. The predicted octanol–water partition coefficient (Wildman–Crippen LogP) is 3.68. The van der Waals surface area contributed by atoms with Crippen LogP contribution in [0.3, 0.4) is 0 Å². The van der Waals surface area contributed by atoms with Crippen LogP contribution in [0.4, 0.5) is 5.13 Å². The molecule has 0 spiro atoms. The molecule has 1 aliphatic carbocycles. The Bertz CT molecular complexity index is 1400. The highest BCUT2D eigenvalue weighted by Gasteiger charge is 2.37. The second-order valence-corrected chi connectivity index (χ2v) is 12.2. The van der Waals surface area contributed by atoms with Crippen LogP contribution in [0.25, 0.3) is 10.3 Å². The molecule has 3 aromatic rings. The van der Waals surface area contributed by atoms with Crippen molar-refractivity contribution in [1.82, 2.24) is 9.97 Å². The van der Waals surface area contributed by atoms with Gasteiger partial charge in [-0.2, -0.15) is 0 Å². The molecular weight excluding hydrogens is 518 g/mol. The van der Waals surface area contributed by atoms with Gasteiger partial charge in [0.15, 0.2) is 15.0 Å². The van der Waals surface area contributed by atoms with Crippen LogP contribution < -0.4 is 5.32 Å². The molecule has 2 unspecified atom stereocenters. The lowest BCUT2D eigenvalue weighted by atomic mass is 9.99. The lowest BCUT2D eigenvalue weighted by molar-refractivity contribution is -0.127. The highest BCUT2D eigenvalue weighted by molar-refractivity contribution is 7.92. The fourth-order valence-corrected chi connectivity index (χ4v) is 6.61. The molecule has 2 aromatic heterocycles. The minimum absolute atomic E-state index is 0.145. The predicted molar refractivity (Wildman–Crippen MR) is 136 cm³/mol. The van der Waals surface area contributed by atoms with E-state index in [4.69, 9.17) is 14.2 Å². The van der Waals surface area contributed by atoms with Gasteiger partial charge < -0.3 is 14.2 Å². The lowest BCUT2D eigenvalue weighted by Gasteiger charge is -2.29. The number of benzene rings is 1. The van der Waals surface area contributed by atoms with Gasteiger partial charge in [-0.15, -0.1) is 0 Å². The van der Waals surface area contributed by atoms with Gasteiger partial charge in [0.1, 0.15) is 17.0 Å². The average molecular weight is 546 g/mol. The smallest absolute Gasteiger partial charge is 0.339 e. The van der Waals surface area contributed by atoms with Crippen molar-refractivity contribution in [2.45, 2.75) is 55.0 Å². The maximum absolute atomic E-state index is 12.5. The number of fused-ring (bicyclic) bond motifs is 1. The number of pyridine rings is 1. The molecule has 1 N–H and O–H groups in total. The molecule has 2 atom stereocenters. The van der Waals surface area contributed by atoms with E-state index in [0.717, 1.165) is 18.4 Å². The van der Waals surface area contributed by atoms with Gasteiger partial charge in [-0.3, -0.25) is 10.1 Å². The summed E-state index contributed by atoms with van der Waals surface area (Å²) in [6, 6.07) is 8.46. The number of esters is 1. The molecule has 1 saturated heterocycles. The van der Waals surface area contributed by atoms with Crippen molar-refractivity contribution >= 4 is 48.5 Å². The first kappa shape index (κ1) is 25.7. The minimum Gasteiger partial charge on any atom is -0.462 e. The van der Waals surface area contributed by atoms with Gasteiger partial charge in [0.25, 0.3) is 5.91 Å². The molecule has 1 aliphatic heterocycles. The summed E-state index contributed by atoms with van der Waals surface area (Å²) >= 11 is 1.20. The van der Waals surface area contributed by atoms with Crippen LogP contribution in [0, 0.1) is 0 Å². The summed E-state index contributed by atoms with van der Waals surface area (Å²) in [5.74, 6) is -0.819. The number of amides is 1. The summed E-state index contributed by atoms with van der Waals surface area (Å²) in [7, 11) is -3.22. The van der Waals surface area contributed by atoms with Gasteiger partial charge in [0.05, 0.1) is 34.5 Å². The number of carbonyl (C=O) groups excluding carboxylic acids is 2. The molecule has 2 fully saturated rings. The van der Waals surface area contributed by atoms with Crippen molar-refractivity contribution in [2.24, 2.45) is 0 Å². The molecule has 5 rings (SSSR count). The Kier molecular flexibility index (Phi) is 7.52. The minimum atomic E-state index is -3.22. The largest absolute Gasteiger partial charge is 0.462 e. The van der Waals surface area contributed by atoms with Gasteiger partial charge in [0, 0.05) is 19.2 Å². The monoisotopic (exact) mass is 545 g/mol. The second kappa shape index (κ2) is 10.8. The van der Waals surface area contributed by atoms with Crippen molar-refractivity contribution < 1.29 is 32.2 Å². The number of thiazole rings is 1. The number of hydrogen-bond acceptors (Lipinski definition) is 10. The standard InChI is InChI=1S/C25H27N3O7S2/c1-2-33-24(30)16-11-20-23(26-13-16)36-25(27-20)28-22(29)14-35-17-9-10-34-21(12-17)15-3-5-18(6-4-15)37(31,32)19-7-8-19/h3-6,11,13,17,19,21H,2,7-10,12,14H2,1H3,(H,27,28,29). The Morgan fingerprint density at radius 1 is 1.19 bits per heavy atom. The number of sulfone groups is 1. The summed E-state index contributed by atoms with van der Waals surface area (Å²) in [4.78, 5) is 33.9. The third kappa shape index (κ3) is 5.98. The maximum Gasteiger partial charge on any atom is 0.339 e. The summed E-state index contributed by atoms with van der Waals surface area (Å²) in [5, 5.41) is 2.84. The zero-order valence-electron chi connectivity index (χ0n) is 20.2. The van der Waals surface area contributed by atoms with Crippen LogP contribution in [-0.2, 0) is 28.8 Å². The Morgan fingerprint density at radius 3 is 2.70 bits per heavy atom.